The van der Waals surface area contributed by atoms with Gasteiger partial charge in [-0.1, -0.05) is 53.7 Å². The van der Waals surface area contributed by atoms with Crippen LogP contribution in [0.25, 0.3) is 0 Å². The molecule has 0 saturated heterocycles. The lowest BCUT2D eigenvalue weighted by atomic mass is 9.95. The Morgan fingerprint density at radius 2 is 1.60 bits per heavy atom. The Balaban J connectivity index is 0.00000172. The van der Waals surface area contributed by atoms with Gasteiger partial charge in [0, 0.05) is 12.0 Å². The van der Waals surface area contributed by atoms with Gasteiger partial charge in [0.05, 0.1) is 6.04 Å². The third kappa shape index (κ3) is 6.71. The molecule has 1 rings (SSSR count). The lowest BCUT2D eigenvalue weighted by Crippen LogP contribution is -2.44. The molecule has 0 aliphatic carbocycles. The molecule has 0 heterocycles. The van der Waals surface area contributed by atoms with E-state index in [0.717, 1.165) is 5.56 Å². The van der Waals surface area contributed by atoms with E-state index in [1.807, 2.05) is 53.7 Å². The first kappa shape index (κ1) is 18.7. The van der Waals surface area contributed by atoms with Crippen molar-refractivity contribution in [1.82, 2.24) is 5.32 Å². The molecule has 114 valence electrons. The fourth-order valence-electron chi connectivity index (χ4n) is 1.91. The minimum Gasteiger partial charge on any atom is -0.508 e. The lowest BCUT2D eigenvalue weighted by Gasteiger charge is -2.22. The number of hydrogen-bond acceptors (Lipinski definition) is 3. The molecule has 2 N–H and O–H groups in total. The molecule has 0 amide bonds. The maximum atomic E-state index is 12.1. The van der Waals surface area contributed by atoms with E-state index in [-0.39, 0.29) is 29.5 Å². The van der Waals surface area contributed by atoms with E-state index >= 15 is 0 Å². The predicted octanol–water partition coefficient (Wildman–Crippen LogP) is 3.55. The van der Waals surface area contributed by atoms with Crippen molar-refractivity contribution < 1.29 is 9.90 Å². The molecular formula is C17H29NO2. The van der Waals surface area contributed by atoms with Gasteiger partial charge in [0.1, 0.15) is 5.75 Å². The summed E-state index contributed by atoms with van der Waals surface area (Å²) in [5.41, 5.74) is 1.06. The van der Waals surface area contributed by atoms with Gasteiger partial charge < -0.3 is 10.4 Å². The summed E-state index contributed by atoms with van der Waals surface area (Å²) in [6.07, 6.45) is 0.662. The summed E-state index contributed by atoms with van der Waals surface area (Å²) in [5.74, 6) is 0.512. The van der Waals surface area contributed by atoms with E-state index in [1.165, 1.54) is 0 Å². The third-order valence-electron chi connectivity index (χ3n) is 2.82. The number of carbonyl (C=O) groups excluding carboxylic acids is 1. The quantitative estimate of drug-likeness (QED) is 0.837. The number of aromatic hydroxyl groups is 1. The molecule has 1 unspecified atom stereocenters. The summed E-state index contributed by atoms with van der Waals surface area (Å²) in [4.78, 5) is 12.1. The maximum absolute atomic E-state index is 12.1. The van der Waals surface area contributed by atoms with Gasteiger partial charge in [0.2, 0.25) is 0 Å². The SMILES string of the molecule is CC.CC(C)NC(Cc1ccc(O)cc1)C(=O)C(C)C. The summed E-state index contributed by atoms with van der Waals surface area (Å²) in [7, 11) is 0. The molecule has 0 aromatic heterocycles. The van der Waals surface area contributed by atoms with Gasteiger partial charge in [-0.25, -0.2) is 0 Å². The average Bonchev–Trinajstić information content (AvgIpc) is 2.41. The molecule has 0 saturated carbocycles. The molecule has 0 bridgehead atoms. The summed E-state index contributed by atoms with van der Waals surface area (Å²) in [6, 6.07) is 7.14. The highest BCUT2D eigenvalue weighted by Gasteiger charge is 2.21. The molecule has 0 aliphatic heterocycles. The second-order valence-electron chi connectivity index (χ2n) is 5.30. The number of benzene rings is 1. The molecule has 20 heavy (non-hydrogen) atoms. The van der Waals surface area contributed by atoms with Gasteiger partial charge in [-0.15, -0.1) is 0 Å². The monoisotopic (exact) mass is 279 g/mol. The summed E-state index contributed by atoms with van der Waals surface area (Å²) in [5, 5.41) is 12.6. The van der Waals surface area contributed by atoms with Crippen LogP contribution in [0.5, 0.6) is 5.75 Å². The van der Waals surface area contributed by atoms with E-state index in [9.17, 15) is 9.90 Å². The maximum Gasteiger partial charge on any atom is 0.152 e. The Kier molecular flexibility index (Phi) is 8.89. The van der Waals surface area contributed by atoms with E-state index in [1.54, 1.807) is 12.1 Å². The van der Waals surface area contributed by atoms with Crippen LogP contribution in [0.15, 0.2) is 24.3 Å². The highest BCUT2D eigenvalue weighted by molar-refractivity contribution is 5.86. The molecular weight excluding hydrogens is 250 g/mol. The van der Waals surface area contributed by atoms with E-state index in [4.69, 9.17) is 0 Å². The van der Waals surface area contributed by atoms with Gasteiger partial charge in [-0.3, -0.25) is 4.79 Å². The minimum absolute atomic E-state index is 0.0263. The zero-order valence-corrected chi connectivity index (χ0v) is 13.6. The van der Waals surface area contributed by atoms with E-state index in [2.05, 4.69) is 5.32 Å². The van der Waals surface area contributed by atoms with Gasteiger partial charge in [0.25, 0.3) is 0 Å². The zero-order chi connectivity index (χ0) is 15.7. The van der Waals surface area contributed by atoms with Gasteiger partial charge in [-0.05, 0) is 24.1 Å². The van der Waals surface area contributed by atoms with Gasteiger partial charge in [-0.2, -0.15) is 0 Å². The molecule has 3 heteroatoms. The van der Waals surface area contributed by atoms with Crippen LogP contribution in [0.1, 0.15) is 47.1 Å². The lowest BCUT2D eigenvalue weighted by molar-refractivity contribution is -0.124. The topological polar surface area (TPSA) is 49.3 Å². The molecule has 0 fully saturated rings. The Labute approximate surface area is 123 Å². The first-order chi connectivity index (χ1) is 9.40. The third-order valence-corrected chi connectivity index (χ3v) is 2.82. The molecule has 0 aliphatic rings. The average molecular weight is 279 g/mol. The van der Waals surface area contributed by atoms with E-state index < -0.39 is 0 Å². The fourth-order valence-corrected chi connectivity index (χ4v) is 1.91. The van der Waals surface area contributed by atoms with Crippen molar-refractivity contribution in [2.45, 2.75) is 60.0 Å². The summed E-state index contributed by atoms with van der Waals surface area (Å²) < 4.78 is 0. The van der Waals surface area contributed by atoms with Crippen molar-refractivity contribution in [1.29, 1.82) is 0 Å². The van der Waals surface area contributed by atoms with Crippen LogP contribution in [-0.2, 0) is 11.2 Å². The van der Waals surface area contributed by atoms with Crippen LogP contribution in [0.3, 0.4) is 0 Å². The normalized spacial score (nSPS) is 12.0. The van der Waals surface area contributed by atoms with E-state index in [0.29, 0.717) is 6.42 Å². The second-order valence-corrected chi connectivity index (χ2v) is 5.30. The molecule has 0 spiro atoms. The number of Topliss-reactive ketones (excluding diaryl/α,β-unsaturated/α-hetero) is 1. The van der Waals surface area contributed by atoms with Crippen molar-refractivity contribution in [2.75, 3.05) is 0 Å². The first-order valence-corrected chi connectivity index (χ1v) is 7.48. The van der Waals surface area contributed by atoms with Crippen molar-refractivity contribution in [3.8, 4) is 5.75 Å². The Bertz CT molecular complexity index is 382. The highest BCUT2D eigenvalue weighted by Crippen LogP contribution is 2.13. The first-order valence-electron chi connectivity index (χ1n) is 7.48. The highest BCUT2D eigenvalue weighted by atomic mass is 16.3. The number of phenols is 1. The van der Waals surface area contributed by atoms with Crippen molar-refractivity contribution in [3.63, 3.8) is 0 Å². The zero-order valence-electron chi connectivity index (χ0n) is 13.6. The van der Waals surface area contributed by atoms with Crippen LogP contribution in [-0.4, -0.2) is 23.0 Å². The fraction of sp³-hybridized carbons (Fsp3) is 0.588. The molecule has 3 nitrogen and oxygen atoms in total. The van der Waals surface area contributed by atoms with Crippen molar-refractivity contribution in [3.05, 3.63) is 29.8 Å². The molecule has 1 aromatic carbocycles. The van der Waals surface area contributed by atoms with Crippen molar-refractivity contribution >= 4 is 5.78 Å². The molecule has 1 atom stereocenters. The number of ketones is 1. The largest absolute Gasteiger partial charge is 0.508 e. The van der Waals surface area contributed by atoms with Gasteiger partial charge in [0.15, 0.2) is 5.78 Å². The van der Waals surface area contributed by atoms with Crippen molar-refractivity contribution in [2.24, 2.45) is 5.92 Å². The Morgan fingerprint density at radius 3 is 2.00 bits per heavy atom. The second kappa shape index (κ2) is 9.54. The number of nitrogens with one attached hydrogen (secondary N) is 1. The van der Waals surface area contributed by atoms with Crippen LogP contribution in [0.4, 0.5) is 0 Å². The summed E-state index contributed by atoms with van der Waals surface area (Å²) >= 11 is 0. The number of hydrogen-bond donors (Lipinski definition) is 2. The van der Waals surface area contributed by atoms with Gasteiger partial charge >= 0.3 is 0 Å². The summed E-state index contributed by atoms with van der Waals surface area (Å²) in [6.45, 7) is 11.9. The minimum atomic E-state index is -0.158. The number of rotatable bonds is 6. The van der Waals surface area contributed by atoms with Crippen LogP contribution < -0.4 is 5.32 Å². The molecule has 1 aromatic rings. The van der Waals surface area contributed by atoms with Crippen LogP contribution >= 0.6 is 0 Å². The predicted molar refractivity (Wildman–Crippen MR) is 85.1 cm³/mol. The smallest absolute Gasteiger partial charge is 0.152 e. The number of phenolic OH excluding ortho intramolecular Hbond substituents is 1. The van der Waals surface area contributed by atoms with Crippen LogP contribution in [0, 0.1) is 5.92 Å². The van der Waals surface area contributed by atoms with Crippen LogP contribution in [0.2, 0.25) is 0 Å². The number of carbonyl (C=O) groups is 1. The standard InChI is InChI=1S/C15H23NO2.C2H6/c1-10(2)15(18)14(16-11(3)4)9-12-5-7-13(17)8-6-12;1-2/h5-8,10-11,14,16-17H,9H2,1-4H3;1-2H3. The molecule has 0 radical (unpaired) electrons. The Morgan fingerprint density at radius 1 is 1.10 bits per heavy atom. The Hall–Kier alpha value is -1.35.